The van der Waals surface area contributed by atoms with E-state index in [0.29, 0.717) is 16.6 Å². The Morgan fingerprint density at radius 2 is 2.20 bits per heavy atom. The minimum Gasteiger partial charge on any atom is -0.328 e. The van der Waals surface area contributed by atoms with Gasteiger partial charge in [-0.25, -0.2) is 9.97 Å². The molecule has 20 heavy (non-hydrogen) atoms. The summed E-state index contributed by atoms with van der Waals surface area (Å²) in [5, 5.41) is 1.45. The molecule has 0 aromatic carbocycles. The van der Waals surface area contributed by atoms with E-state index in [0.717, 1.165) is 15.5 Å². The van der Waals surface area contributed by atoms with Gasteiger partial charge in [-0.15, -0.1) is 0 Å². The van der Waals surface area contributed by atoms with Crippen LogP contribution in [-0.2, 0) is 0 Å². The van der Waals surface area contributed by atoms with Gasteiger partial charge in [0, 0.05) is 23.3 Å². The predicted octanol–water partition coefficient (Wildman–Crippen LogP) is 3.50. The normalized spacial score (nSPS) is 30.2. The molecule has 1 aliphatic heterocycles. The molecule has 1 aliphatic carbocycles. The van der Waals surface area contributed by atoms with Gasteiger partial charge in [0.2, 0.25) is 0 Å². The molecule has 1 saturated carbocycles. The predicted molar refractivity (Wildman–Crippen MR) is 83.1 cm³/mol. The van der Waals surface area contributed by atoms with Crippen LogP contribution in [0.25, 0.3) is 11.0 Å². The number of likely N-dealkylation sites (tertiary alicyclic amines) is 1. The summed E-state index contributed by atoms with van der Waals surface area (Å²) >= 11 is 9.76. The molecule has 0 amide bonds. The van der Waals surface area contributed by atoms with E-state index in [2.05, 4.69) is 48.6 Å². The van der Waals surface area contributed by atoms with Crippen LogP contribution >= 0.6 is 27.5 Å². The lowest BCUT2D eigenvalue weighted by molar-refractivity contribution is 0.0758. The van der Waals surface area contributed by atoms with E-state index in [4.69, 9.17) is 11.6 Å². The molecule has 4 rings (SSSR count). The second-order valence-electron chi connectivity index (χ2n) is 6.30. The largest absolute Gasteiger partial charge is 0.328 e. The molecule has 1 saturated heterocycles. The molecule has 4 nitrogen and oxygen atoms in total. The third kappa shape index (κ3) is 1.83. The monoisotopic (exact) mass is 354 g/mol. The van der Waals surface area contributed by atoms with Crippen molar-refractivity contribution in [2.24, 2.45) is 5.41 Å². The van der Waals surface area contributed by atoms with Crippen molar-refractivity contribution in [1.29, 1.82) is 0 Å². The molecular formula is C14H16BrClN4. The number of rotatable bonds is 1. The van der Waals surface area contributed by atoms with Gasteiger partial charge in [0.25, 0.3) is 0 Å². The molecule has 0 radical (unpaired) electrons. The third-order valence-electron chi connectivity index (χ3n) is 4.88. The number of hydrogen-bond donors (Lipinski definition) is 0. The first-order valence-corrected chi connectivity index (χ1v) is 8.10. The van der Waals surface area contributed by atoms with Crippen LogP contribution in [0.15, 0.2) is 17.0 Å². The Bertz CT molecular complexity index is 677. The molecule has 106 valence electrons. The van der Waals surface area contributed by atoms with Gasteiger partial charge >= 0.3 is 0 Å². The van der Waals surface area contributed by atoms with Crippen molar-refractivity contribution in [3.8, 4) is 0 Å². The number of hydrogen-bond acceptors (Lipinski definition) is 3. The maximum absolute atomic E-state index is 6.18. The molecule has 2 aromatic rings. The minimum atomic E-state index is 0.523. The van der Waals surface area contributed by atoms with Gasteiger partial charge in [-0.2, -0.15) is 0 Å². The highest BCUT2D eigenvalue weighted by molar-refractivity contribution is 9.10. The highest BCUT2D eigenvalue weighted by atomic mass is 79.9. The molecule has 0 atom stereocenters. The van der Waals surface area contributed by atoms with Crippen molar-refractivity contribution in [3.05, 3.63) is 22.1 Å². The fourth-order valence-corrected chi connectivity index (χ4v) is 4.84. The smallest absolute Gasteiger partial charge is 0.146 e. The Kier molecular flexibility index (Phi) is 2.88. The quantitative estimate of drug-likeness (QED) is 0.734. The highest BCUT2D eigenvalue weighted by Gasteiger charge is 2.48. The first-order valence-electron chi connectivity index (χ1n) is 6.93. The van der Waals surface area contributed by atoms with Crippen LogP contribution in [0, 0.1) is 5.41 Å². The lowest BCUT2D eigenvalue weighted by atomic mass is 9.65. The molecular weight excluding hydrogens is 340 g/mol. The number of aromatic nitrogens is 3. The summed E-state index contributed by atoms with van der Waals surface area (Å²) in [6, 6.07) is 0.543. The molecule has 2 aromatic heterocycles. The van der Waals surface area contributed by atoms with Crippen LogP contribution in [0.3, 0.4) is 0 Å². The van der Waals surface area contributed by atoms with Gasteiger partial charge < -0.3 is 9.47 Å². The fraction of sp³-hybridized carbons (Fsp3) is 0.571. The topological polar surface area (TPSA) is 34.0 Å². The Morgan fingerprint density at radius 1 is 1.40 bits per heavy atom. The molecule has 0 bridgehead atoms. The van der Waals surface area contributed by atoms with Crippen LogP contribution in [0.2, 0.25) is 5.15 Å². The zero-order chi connectivity index (χ0) is 13.9. The zero-order valence-corrected chi connectivity index (χ0v) is 13.7. The van der Waals surface area contributed by atoms with E-state index in [1.165, 1.54) is 32.4 Å². The van der Waals surface area contributed by atoms with Crippen LogP contribution in [0.4, 0.5) is 0 Å². The first-order chi connectivity index (χ1) is 9.58. The standard InChI is InChI=1S/C14H16BrClN4/c1-19-3-2-14(7-19)4-9(5-14)20-6-10(15)11-12(16)17-8-18-13(11)20/h6,8-9H,2-5,7H2,1H3. The van der Waals surface area contributed by atoms with E-state index < -0.39 is 0 Å². The Hall–Kier alpha value is -0.650. The molecule has 0 N–H and O–H groups in total. The fourth-order valence-electron chi connectivity index (χ4n) is 3.91. The summed E-state index contributed by atoms with van der Waals surface area (Å²) < 4.78 is 3.26. The lowest BCUT2D eigenvalue weighted by Crippen LogP contribution is -2.40. The average molecular weight is 356 g/mol. The Morgan fingerprint density at radius 3 is 2.90 bits per heavy atom. The number of halogens is 2. The maximum Gasteiger partial charge on any atom is 0.146 e. The van der Waals surface area contributed by atoms with Crippen LogP contribution in [-0.4, -0.2) is 39.6 Å². The van der Waals surface area contributed by atoms with Crippen molar-refractivity contribution in [3.63, 3.8) is 0 Å². The molecule has 3 heterocycles. The van der Waals surface area contributed by atoms with E-state index in [1.807, 2.05) is 0 Å². The van der Waals surface area contributed by atoms with E-state index in [1.54, 1.807) is 6.33 Å². The molecule has 6 heteroatoms. The minimum absolute atomic E-state index is 0.523. The number of fused-ring (bicyclic) bond motifs is 1. The van der Waals surface area contributed by atoms with Crippen molar-refractivity contribution < 1.29 is 0 Å². The second-order valence-corrected chi connectivity index (χ2v) is 7.51. The van der Waals surface area contributed by atoms with E-state index in [-0.39, 0.29) is 0 Å². The van der Waals surface area contributed by atoms with E-state index >= 15 is 0 Å². The van der Waals surface area contributed by atoms with Gasteiger partial charge in [0.05, 0.1) is 5.39 Å². The highest BCUT2D eigenvalue weighted by Crippen LogP contribution is 2.54. The molecule has 2 fully saturated rings. The molecule has 0 unspecified atom stereocenters. The lowest BCUT2D eigenvalue weighted by Gasteiger charge is -2.46. The zero-order valence-electron chi connectivity index (χ0n) is 11.3. The van der Waals surface area contributed by atoms with Crippen molar-refractivity contribution in [2.75, 3.05) is 20.1 Å². The van der Waals surface area contributed by atoms with Crippen LogP contribution in [0.5, 0.6) is 0 Å². The summed E-state index contributed by atoms with van der Waals surface area (Å²) in [6.45, 7) is 2.47. The SMILES string of the molecule is CN1CCC2(CC(n3cc(Br)c4c(Cl)ncnc43)C2)C1. The summed E-state index contributed by atoms with van der Waals surface area (Å²) in [5.41, 5.74) is 1.49. The summed E-state index contributed by atoms with van der Waals surface area (Å²) in [7, 11) is 2.22. The van der Waals surface area contributed by atoms with E-state index in [9.17, 15) is 0 Å². The Labute approximate surface area is 131 Å². The summed E-state index contributed by atoms with van der Waals surface area (Å²) in [5.74, 6) is 0. The summed E-state index contributed by atoms with van der Waals surface area (Å²) in [4.78, 5) is 10.9. The van der Waals surface area contributed by atoms with Crippen molar-refractivity contribution >= 4 is 38.6 Å². The molecule has 1 spiro atoms. The third-order valence-corrected chi connectivity index (χ3v) is 5.76. The van der Waals surface area contributed by atoms with Gasteiger partial charge in [0.1, 0.15) is 17.1 Å². The average Bonchev–Trinajstić information content (AvgIpc) is 2.90. The molecule has 2 aliphatic rings. The van der Waals surface area contributed by atoms with Gasteiger partial charge in [-0.05, 0) is 54.2 Å². The van der Waals surface area contributed by atoms with Crippen LogP contribution in [0.1, 0.15) is 25.3 Å². The van der Waals surface area contributed by atoms with Crippen molar-refractivity contribution in [1.82, 2.24) is 19.4 Å². The Balaban J connectivity index is 1.67. The van der Waals surface area contributed by atoms with Gasteiger partial charge in [-0.3, -0.25) is 0 Å². The summed E-state index contributed by atoms with van der Waals surface area (Å²) in [6.07, 6.45) is 7.48. The number of nitrogens with zero attached hydrogens (tertiary/aromatic N) is 4. The van der Waals surface area contributed by atoms with Gasteiger partial charge in [0.15, 0.2) is 0 Å². The first kappa shape index (κ1) is 13.0. The van der Waals surface area contributed by atoms with Crippen molar-refractivity contribution in [2.45, 2.75) is 25.3 Å². The maximum atomic E-state index is 6.18. The van der Waals surface area contributed by atoms with Gasteiger partial charge in [-0.1, -0.05) is 11.6 Å². The second kappa shape index (κ2) is 4.42. The van der Waals surface area contributed by atoms with Crippen LogP contribution < -0.4 is 0 Å².